The molecule has 0 radical (unpaired) electrons. The highest BCUT2D eigenvalue weighted by atomic mass is 32.2. The molecule has 2 aromatic heterocycles. The first-order valence-electron chi connectivity index (χ1n) is 8.23. The van der Waals surface area contributed by atoms with Crippen molar-refractivity contribution < 1.29 is 17.9 Å². The largest absolute Gasteiger partial charge is 0.486 e. The van der Waals surface area contributed by atoms with Crippen molar-refractivity contribution in [2.45, 2.75) is 11.4 Å². The molecule has 0 saturated carbocycles. The molecule has 138 valence electrons. The molecule has 1 aromatic carbocycles. The minimum atomic E-state index is -3.76. The van der Waals surface area contributed by atoms with Gasteiger partial charge >= 0.3 is 0 Å². The Bertz CT molecular complexity index is 1060. The van der Waals surface area contributed by atoms with Gasteiger partial charge in [0.05, 0.1) is 22.8 Å². The highest BCUT2D eigenvalue weighted by Crippen LogP contribution is 2.32. The number of aromatic nitrogens is 3. The van der Waals surface area contributed by atoms with Crippen molar-refractivity contribution in [1.29, 1.82) is 0 Å². The highest BCUT2D eigenvalue weighted by molar-refractivity contribution is 7.89. The molecule has 0 bridgehead atoms. The van der Waals surface area contributed by atoms with Gasteiger partial charge in [-0.15, -0.1) is 0 Å². The van der Waals surface area contributed by atoms with Gasteiger partial charge in [-0.2, -0.15) is 0 Å². The van der Waals surface area contributed by atoms with Crippen molar-refractivity contribution >= 4 is 10.0 Å². The summed E-state index contributed by atoms with van der Waals surface area (Å²) in [6.45, 7) is 0.836. The Kier molecular flexibility index (Phi) is 4.69. The zero-order chi connectivity index (χ0) is 18.7. The number of fused-ring (bicyclic) bond motifs is 1. The maximum atomic E-state index is 12.7. The number of sulfonamides is 1. The standard InChI is InChI=1S/C18H16N4O4S/c23-27(24,14-1-2-16-17(11-14)26-10-9-25-16)22-12-15-18(21-8-7-20-15)13-3-5-19-6-4-13/h1-8,11,22H,9-10,12H2. The van der Waals surface area contributed by atoms with Crippen LogP contribution < -0.4 is 14.2 Å². The van der Waals surface area contributed by atoms with Crippen LogP contribution in [0.25, 0.3) is 11.3 Å². The van der Waals surface area contributed by atoms with E-state index < -0.39 is 10.0 Å². The van der Waals surface area contributed by atoms with Gasteiger partial charge in [-0.25, -0.2) is 13.1 Å². The van der Waals surface area contributed by atoms with Gasteiger partial charge in [0.25, 0.3) is 0 Å². The summed E-state index contributed by atoms with van der Waals surface area (Å²) in [5.74, 6) is 0.954. The number of benzene rings is 1. The number of ether oxygens (including phenoxy) is 2. The summed E-state index contributed by atoms with van der Waals surface area (Å²) >= 11 is 0. The molecule has 1 N–H and O–H groups in total. The Balaban J connectivity index is 1.57. The average Bonchev–Trinajstić information content (AvgIpc) is 2.73. The second-order valence-electron chi connectivity index (χ2n) is 5.72. The fraction of sp³-hybridized carbons (Fsp3) is 0.167. The molecule has 0 aliphatic carbocycles. The molecule has 3 heterocycles. The fourth-order valence-corrected chi connectivity index (χ4v) is 3.69. The van der Waals surface area contributed by atoms with E-state index in [-0.39, 0.29) is 11.4 Å². The molecule has 27 heavy (non-hydrogen) atoms. The summed E-state index contributed by atoms with van der Waals surface area (Å²) in [4.78, 5) is 12.7. The van der Waals surface area contributed by atoms with Gasteiger partial charge in [-0.1, -0.05) is 0 Å². The van der Waals surface area contributed by atoms with Crippen LogP contribution in [0.15, 0.2) is 60.0 Å². The molecule has 0 unspecified atom stereocenters. The summed E-state index contributed by atoms with van der Waals surface area (Å²) in [7, 11) is -3.76. The minimum Gasteiger partial charge on any atom is -0.486 e. The zero-order valence-corrected chi connectivity index (χ0v) is 15.0. The van der Waals surface area contributed by atoms with E-state index in [0.29, 0.717) is 36.1 Å². The lowest BCUT2D eigenvalue weighted by Crippen LogP contribution is -2.24. The second-order valence-corrected chi connectivity index (χ2v) is 7.48. The molecule has 9 heteroatoms. The lowest BCUT2D eigenvalue weighted by Gasteiger charge is -2.19. The van der Waals surface area contributed by atoms with E-state index in [1.807, 2.05) is 0 Å². The van der Waals surface area contributed by atoms with Crippen molar-refractivity contribution in [3.8, 4) is 22.8 Å². The van der Waals surface area contributed by atoms with Crippen molar-refractivity contribution in [1.82, 2.24) is 19.7 Å². The van der Waals surface area contributed by atoms with Crippen molar-refractivity contribution in [2.24, 2.45) is 0 Å². The van der Waals surface area contributed by atoms with Crippen LogP contribution in [0.1, 0.15) is 5.69 Å². The summed E-state index contributed by atoms with van der Waals surface area (Å²) in [5, 5.41) is 0. The van der Waals surface area contributed by atoms with Crippen LogP contribution in [0, 0.1) is 0 Å². The van der Waals surface area contributed by atoms with Crippen LogP contribution in [0.2, 0.25) is 0 Å². The molecule has 3 aromatic rings. The van der Waals surface area contributed by atoms with E-state index in [1.165, 1.54) is 18.3 Å². The number of pyridine rings is 1. The van der Waals surface area contributed by atoms with E-state index in [0.717, 1.165) is 5.56 Å². The van der Waals surface area contributed by atoms with Crippen LogP contribution in [-0.4, -0.2) is 36.6 Å². The predicted molar refractivity (Wildman–Crippen MR) is 96.7 cm³/mol. The Morgan fingerprint density at radius 1 is 0.926 bits per heavy atom. The molecule has 1 aliphatic heterocycles. The van der Waals surface area contributed by atoms with E-state index in [9.17, 15) is 8.42 Å². The molecule has 0 atom stereocenters. The maximum Gasteiger partial charge on any atom is 0.241 e. The number of nitrogens with one attached hydrogen (secondary N) is 1. The second kappa shape index (κ2) is 7.29. The van der Waals surface area contributed by atoms with Crippen LogP contribution in [-0.2, 0) is 16.6 Å². The molecule has 8 nitrogen and oxygen atoms in total. The molecule has 4 rings (SSSR count). The number of rotatable bonds is 5. The third-order valence-electron chi connectivity index (χ3n) is 3.98. The smallest absolute Gasteiger partial charge is 0.241 e. The van der Waals surface area contributed by atoms with Gasteiger partial charge in [0.15, 0.2) is 11.5 Å². The molecule has 0 amide bonds. The van der Waals surface area contributed by atoms with E-state index >= 15 is 0 Å². The lowest BCUT2D eigenvalue weighted by atomic mass is 10.1. The Hall–Kier alpha value is -3.04. The molecule has 1 aliphatic rings. The average molecular weight is 384 g/mol. The van der Waals surface area contributed by atoms with Gasteiger partial charge in [-0.3, -0.25) is 15.0 Å². The number of hydrogen-bond acceptors (Lipinski definition) is 7. The summed E-state index contributed by atoms with van der Waals surface area (Å²) in [6, 6.07) is 8.12. The molecule has 0 spiro atoms. The van der Waals surface area contributed by atoms with Crippen molar-refractivity contribution in [3.05, 3.63) is 60.8 Å². The van der Waals surface area contributed by atoms with Gasteiger partial charge in [0.1, 0.15) is 13.2 Å². The summed E-state index contributed by atoms with van der Waals surface area (Å²) in [6.07, 6.45) is 6.38. The zero-order valence-electron chi connectivity index (χ0n) is 14.2. The van der Waals surface area contributed by atoms with Crippen molar-refractivity contribution in [2.75, 3.05) is 13.2 Å². The third-order valence-corrected chi connectivity index (χ3v) is 5.38. The van der Waals surface area contributed by atoms with E-state index in [1.54, 1.807) is 36.8 Å². The first-order chi connectivity index (χ1) is 13.1. The Morgan fingerprint density at radius 2 is 1.67 bits per heavy atom. The van der Waals surface area contributed by atoms with Crippen molar-refractivity contribution in [3.63, 3.8) is 0 Å². The lowest BCUT2D eigenvalue weighted by molar-refractivity contribution is 0.171. The van der Waals surface area contributed by atoms with E-state index in [4.69, 9.17) is 9.47 Å². The van der Waals surface area contributed by atoms with Gasteiger partial charge < -0.3 is 9.47 Å². The van der Waals surface area contributed by atoms with Crippen LogP contribution in [0.5, 0.6) is 11.5 Å². The summed E-state index contributed by atoms with van der Waals surface area (Å²) < 4.78 is 38.8. The number of nitrogens with zero attached hydrogens (tertiary/aromatic N) is 3. The Morgan fingerprint density at radius 3 is 2.48 bits per heavy atom. The number of hydrogen-bond donors (Lipinski definition) is 1. The molecule has 0 fully saturated rings. The van der Waals surface area contributed by atoms with E-state index in [2.05, 4.69) is 19.7 Å². The Labute approximate surface area is 156 Å². The molecule has 0 saturated heterocycles. The molecular weight excluding hydrogens is 368 g/mol. The van der Waals surface area contributed by atoms with Crippen LogP contribution in [0.4, 0.5) is 0 Å². The monoisotopic (exact) mass is 384 g/mol. The molecular formula is C18H16N4O4S. The van der Waals surface area contributed by atoms with Gasteiger partial charge in [-0.05, 0) is 24.3 Å². The van der Waals surface area contributed by atoms with Crippen LogP contribution >= 0.6 is 0 Å². The first kappa shape index (κ1) is 17.4. The normalized spacial score (nSPS) is 13.3. The topological polar surface area (TPSA) is 103 Å². The summed E-state index contributed by atoms with van der Waals surface area (Å²) in [5.41, 5.74) is 1.93. The fourth-order valence-electron chi connectivity index (χ4n) is 2.68. The predicted octanol–water partition coefficient (Wildman–Crippen LogP) is 1.79. The SMILES string of the molecule is O=S(=O)(NCc1nccnc1-c1ccncc1)c1ccc2c(c1)OCCO2. The van der Waals surface area contributed by atoms with Gasteiger partial charge in [0, 0.05) is 36.4 Å². The quantitative estimate of drug-likeness (QED) is 0.715. The third kappa shape index (κ3) is 3.74. The van der Waals surface area contributed by atoms with Crippen LogP contribution in [0.3, 0.4) is 0 Å². The first-order valence-corrected chi connectivity index (χ1v) is 9.71. The highest BCUT2D eigenvalue weighted by Gasteiger charge is 2.20. The van der Waals surface area contributed by atoms with Gasteiger partial charge in [0.2, 0.25) is 10.0 Å². The maximum absolute atomic E-state index is 12.7. The minimum absolute atomic E-state index is 0.00225.